The molecular weight excluding hydrogens is 220 g/mol. The van der Waals surface area contributed by atoms with Crippen molar-refractivity contribution in [1.82, 2.24) is 0 Å². The molecule has 1 atom stereocenters. The van der Waals surface area contributed by atoms with Crippen molar-refractivity contribution < 1.29 is 0 Å². The van der Waals surface area contributed by atoms with Crippen LogP contribution in [0.15, 0.2) is 18.2 Å². The minimum atomic E-state index is 0.198. The number of rotatable bonds is 2. The van der Waals surface area contributed by atoms with E-state index in [0.29, 0.717) is 6.04 Å². The maximum absolute atomic E-state index is 6.00. The van der Waals surface area contributed by atoms with Crippen LogP contribution in [0.3, 0.4) is 0 Å². The van der Waals surface area contributed by atoms with E-state index in [9.17, 15) is 0 Å². The second-order valence-electron chi connectivity index (χ2n) is 5.36. The van der Waals surface area contributed by atoms with Crippen molar-refractivity contribution in [3.8, 4) is 0 Å². The smallest absolute Gasteiger partial charge is 0.0614 e. The highest BCUT2D eigenvalue weighted by molar-refractivity contribution is 6.31. The Kier molecular flexibility index (Phi) is 3.74. The number of hydrogen-bond acceptors (Lipinski definition) is 2. The van der Waals surface area contributed by atoms with Crippen molar-refractivity contribution in [2.45, 2.75) is 33.7 Å². The normalized spacial score (nSPS) is 13.6. The van der Waals surface area contributed by atoms with Crippen LogP contribution < -0.4 is 10.6 Å². The van der Waals surface area contributed by atoms with Crippen molar-refractivity contribution in [3.63, 3.8) is 0 Å². The standard InChI is InChI=1S/C13H21ClN2/c1-9(13(2,3)4)16(5)12-8-10(14)6-7-11(12)15/h6-9H,15H2,1-5H3. The molecule has 0 radical (unpaired) electrons. The van der Waals surface area contributed by atoms with Crippen LogP contribution in [-0.2, 0) is 0 Å². The monoisotopic (exact) mass is 240 g/mol. The molecule has 2 N–H and O–H groups in total. The first-order valence-corrected chi connectivity index (χ1v) is 5.89. The number of halogens is 1. The summed E-state index contributed by atoms with van der Waals surface area (Å²) in [6.07, 6.45) is 0. The molecule has 0 aliphatic carbocycles. The molecule has 0 aromatic heterocycles. The molecule has 16 heavy (non-hydrogen) atoms. The lowest BCUT2D eigenvalue weighted by molar-refractivity contribution is 0.330. The Morgan fingerprint density at radius 3 is 2.38 bits per heavy atom. The predicted octanol–water partition coefficient (Wildman–Crippen LogP) is 3.79. The second-order valence-corrected chi connectivity index (χ2v) is 5.79. The van der Waals surface area contributed by atoms with Crippen LogP contribution in [0.2, 0.25) is 5.02 Å². The van der Waals surface area contributed by atoms with Crippen LogP contribution in [0, 0.1) is 5.41 Å². The van der Waals surface area contributed by atoms with Gasteiger partial charge in [0, 0.05) is 18.1 Å². The molecule has 0 fully saturated rings. The third-order valence-electron chi connectivity index (χ3n) is 3.21. The summed E-state index contributed by atoms with van der Waals surface area (Å²) >= 11 is 6.00. The summed E-state index contributed by atoms with van der Waals surface area (Å²) < 4.78 is 0. The Bertz CT molecular complexity index is 369. The van der Waals surface area contributed by atoms with Crippen LogP contribution in [0.25, 0.3) is 0 Å². The zero-order valence-corrected chi connectivity index (χ0v) is 11.5. The van der Waals surface area contributed by atoms with Gasteiger partial charge in [-0.2, -0.15) is 0 Å². The summed E-state index contributed by atoms with van der Waals surface area (Å²) in [6, 6.07) is 5.96. The molecule has 0 saturated carbocycles. The first kappa shape index (κ1) is 13.2. The first-order chi connectivity index (χ1) is 7.23. The lowest BCUT2D eigenvalue weighted by atomic mass is 9.87. The van der Waals surface area contributed by atoms with Crippen molar-refractivity contribution in [1.29, 1.82) is 0 Å². The summed E-state index contributed by atoms with van der Waals surface area (Å²) in [5.74, 6) is 0. The minimum absolute atomic E-state index is 0.198. The van der Waals surface area contributed by atoms with Gasteiger partial charge in [-0.1, -0.05) is 32.4 Å². The highest BCUT2D eigenvalue weighted by Crippen LogP contribution is 2.32. The zero-order chi connectivity index (χ0) is 12.5. The Morgan fingerprint density at radius 1 is 1.31 bits per heavy atom. The highest BCUT2D eigenvalue weighted by Gasteiger charge is 2.25. The Morgan fingerprint density at radius 2 is 1.88 bits per heavy atom. The highest BCUT2D eigenvalue weighted by atomic mass is 35.5. The SMILES string of the molecule is CC(N(C)c1cc(Cl)ccc1N)C(C)(C)C. The molecule has 0 amide bonds. The third-order valence-corrected chi connectivity index (χ3v) is 3.44. The predicted molar refractivity (Wildman–Crippen MR) is 73.2 cm³/mol. The quantitative estimate of drug-likeness (QED) is 0.797. The molecule has 2 nitrogen and oxygen atoms in total. The van der Waals surface area contributed by atoms with Gasteiger partial charge in [0.05, 0.1) is 11.4 Å². The van der Waals surface area contributed by atoms with E-state index < -0.39 is 0 Å². The van der Waals surface area contributed by atoms with E-state index in [-0.39, 0.29) is 5.41 Å². The molecule has 0 aliphatic rings. The number of nitrogen functional groups attached to an aromatic ring is 1. The Balaban J connectivity index is 3.05. The van der Waals surface area contributed by atoms with Gasteiger partial charge < -0.3 is 10.6 Å². The van der Waals surface area contributed by atoms with Crippen molar-refractivity contribution >= 4 is 23.0 Å². The van der Waals surface area contributed by atoms with Crippen LogP contribution in [0.4, 0.5) is 11.4 Å². The molecule has 1 unspecified atom stereocenters. The Hall–Kier alpha value is -0.890. The average molecular weight is 241 g/mol. The molecule has 1 aromatic rings. The maximum atomic E-state index is 6.00. The maximum Gasteiger partial charge on any atom is 0.0614 e. The molecule has 0 saturated heterocycles. The van der Waals surface area contributed by atoms with Crippen LogP contribution >= 0.6 is 11.6 Å². The molecule has 90 valence electrons. The summed E-state index contributed by atoms with van der Waals surface area (Å²) in [5, 5.41) is 0.720. The lowest BCUT2D eigenvalue weighted by Crippen LogP contribution is -2.39. The van der Waals surface area contributed by atoms with Gasteiger partial charge in [-0.15, -0.1) is 0 Å². The van der Waals surface area contributed by atoms with E-state index in [1.54, 1.807) is 0 Å². The van der Waals surface area contributed by atoms with Gasteiger partial charge in [0.15, 0.2) is 0 Å². The van der Waals surface area contributed by atoms with Crippen LogP contribution in [-0.4, -0.2) is 13.1 Å². The van der Waals surface area contributed by atoms with Crippen LogP contribution in [0.1, 0.15) is 27.7 Å². The summed E-state index contributed by atoms with van der Waals surface area (Å²) in [6.45, 7) is 8.85. The first-order valence-electron chi connectivity index (χ1n) is 5.51. The van der Waals surface area contributed by atoms with E-state index in [0.717, 1.165) is 16.4 Å². The van der Waals surface area contributed by atoms with E-state index in [1.165, 1.54) is 0 Å². The zero-order valence-electron chi connectivity index (χ0n) is 10.7. The summed E-state index contributed by atoms with van der Waals surface area (Å²) in [4.78, 5) is 2.18. The second kappa shape index (κ2) is 4.54. The largest absolute Gasteiger partial charge is 0.397 e. The molecule has 1 rings (SSSR count). The molecule has 1 aromatic carbocycles. The Labute approximate surface area is 103 Å². The molecule has 0 bridgehead atoms. The molecule has 0 spiro atoms. The fraction of sp³-hybridized carbons (Fsp3) is 0.538. The van der Waals surface area contributed by atoms with Crippen molar-refractivity contribution in [2.75, 3.05) is 17.7 Å². The van der Waals surface area contributed by atoms with Crippen molar-refractivity contribution in [3.05, 3.63) is 23.2 Å². The summed E-state index contributed by atoms with van der Waals surface area (Å²) in [7, 11) is 2.05. The third kappa shape index (κ3) is 2.82. The average Bonchev–Trinajstić information content (AvgIpc) is 2.18. The van der Waals surface area contributed by atoms with Gasteiger partial charge >= 0.3 is 0 Å². The number of hydrogen-bond donors (Lipinski definition) is 1. The van der Waals surface area contributed by atoms with Crippen molar-refractivity contribution in [2.24, 2.45) is 5.41 Å². The number of benzene rings is 1. The molecule has 0 aliphatic heterocycles. The van der Waals surface area contributed by atoms with Gasteiger partial charge in [-0.3, -0.25) is 0 Å². The van der Waals surface area contributed by atoms with E-state index in [4.69, 9.17) is 17.3 Å². The topological polar surface area (TPSA) is 29.3 Å². The fourth-order valence-corrected chi connectivity index (χ4v) is 1.78. The van der Waals surface area contributed by atoms with Crippen LogP contribution in [0.5, 0.6) is 0 Å². The van der Waals surface area contributed by atoms with E-state index >= 15 is 0 Å². The summed E-state index contributed by atoms with van der Waals surface area (Å²) in [5.41, 5.74) is 7.93. The fourth-order valence-electron chi connectivity index (χ4n) is 1.61. The van der Waals surface area contributed by atoms with Gasteiger partial charge in [-0.05, 0) is 30.5 Å². The lowest BCUT2D eigenvalue weighted by Gasteiger charge is -2.37. The van der Waals surface area contributed by atoms with Gasteiger partial charge in [0.25, 0.3) is 0 Å². The number of anilines is 2. The van der Waals surface area contributed by atoms with E-state index in [1.807, 2.05) is 18.2 Å². The number of nitrogens with zero attached hydrogens (tertiary/aromatic N) is 1. The van der Waals surface area contributed by atoms with Gasteiger partial charge in [0.1, 0.15) is 0 Å². The number of nitrogens with two attached hydrogens (primary N) is 1. The van der Waals surface area contributed by atoms with E-state index in [2.05, 4.69) is 39.6 Å². The molecule has 0 heterocycles. The molecular formula is C13H21ClN2. The minimum Gasteiger partial charge on any atom is -0.397 e. The molecule has 3 heteroatoms. The van der Waals surface area contributed by atoms with Gasteiger partial charge in [0.2, 0.25) is 0 Å². The van der Waals surface area contributed by atoms with Gasteiger partial charge in [-0.25, -0.2) is 0 Å².